The second kappa shape index (κ2) is 18.4. The van der Waals surface area contributed by atoms with Crippen LogP contribution in [0.25, 0.3) is 0 Å². The number of carbonyl (C=O) groups excluding carboxylic acids is 6. The average molecular weight is 513 g/mol. The number of rotatable bonds is 19. The van der Waals surface area contributed by atoms with Crippen molar-refractivity contribution in [2.45, 2.75) is 32.6 Å². The molecule has 0 aromatic rings. The quantitative estimate of drug-likeness (QED) is 0.139. The van der Waals surface area contributed by atoms with E-state index in [0.717, 1.165) is 18.2 Å². The van der Waals surface area contributed by atoms with Crippen LogP contribution >= 0.6 is 0 Å². The van der Waals surface area contributed by atoms with E-state index in [2.05, 4.69) is 19.7 Å². The number of carbonyl (C=O) groups is 6. The van der Waals surface area contributed by atoms with Crippen LogP contribution in [0.2, 0.25) is 0 Å². The minimum atomic E-state index is -1.10. The first-order valence-electron chi connectivity index (χ1n) is 11.0. The molecule has 0 N–H and O–H groups in total. The maximum atomic E-state index is 12.1. The molecule has 0 aromatic heterocycles. The summed E-state index contributed by atoms with van der Waals surface area (Å²) < 4.78 is 29.9. The Morgan fingerprint density at radius 3 is 1.06 bits per heavy atom. The van der Waals surface area contributed by atoms with Crippen LogP contribution in [0.3, 0.4) is 0 Å². The van der Waals surface area contributed by atoms with Crippen LogP contribution in [0.4, 0.5) is 0 Å². The third-order valence-electron chi connectivity index (χ3n) is 4.52. The van der Waals surface area contributed by atoms with Gasteiger partial charge < -0.3 is 28.4 Å². The van der Waals surface area contributed by atoms with Crippen molar-refractivity contribution < 1.29 is 57.2 Å². The van der Waals surface area contributed by atoms with Crippen LogP contribution in [0.1, 0.15) is 32.6 Å². The first-order chi connectivity index (χ1) is 17.1. The Labute approximate surface area is 209 Å². The highest BCUT2D eigenvalue weighted by atomic mass is 16.6. The molecule has 0 atom stereocenters. The van der Waals surface area contributed by atoms with Gasteiger partial charge in [0.05, 0.1) is 24.7 Å². The minimum absolute atomic E-state index is 0.223. The van der Waals surface area contributed by atoms with E-state index in [4.69, 9.17) is 28.4 Å². The maximum absolute atomic E-state index is 12.1. The van der Waals surface area contributed by atoms with E-state index in [1.165, 1.54) is 0 Å². The lowest BCUT2D eigenvalue weighted by Gasteiger charge is -2.31. The minimum Gasteiger partial charge on any atom is -0.465 e. The summed E-state index contributed by atoms with van der Waals surface area (Å²) in [5, 5.41) is 0. The molecule has 200 valence electrons. The lowest BCUT2D eigenvalue weighted by molar-refractivity contribution is -0.163. The summed E-state index contributed by atoms with van der Waals surface area (Å²) in [6.07, 6.45) is 2.42. The molecule has 0 aliphatic heterocycles. The van der Waals surface area contributed by atoms with Crippen LogP contribution < -0.4 is 0 Å². The van der Waals surface area contributed by atoms with E-state index in [0.29, 0.717) is 0 Å². The molecule has 0 rings (SSSR count). The summed E-state index contributed by atoms with van der Waals surface area (Å²) in [7, 11) is 0. The highest BCUT2D eigenvalue weighted by Gasteiger charge is 2.34. The van der Waals surface area contributed by atoms with Gasteiger partial charge in [-0.3, -0.25) is 14.4 Å². The smallest absolute Gasteiger partial charge is 0.330 e. The van der Waals surface area contributed by atoms with Gasteiger partial charge in [-0.1, -0.05) is 26.7 Å². The molecule has 0 spiro atoms. The number of hydrogen-bond donors (Lipinski definition) is 0. The van der Waals surface area contributed by atoms with Gasteiger partial charge in [-0.05, 0) is 6.42 Å². The Morgan fingerprint density at radius 1 is 0.556 bits per heavy atom. The summed E-state index contributed by atoms with van der Waals surface area (Å²) in [5.41, 5.74) is -1.10. The fourth-order valence-corrected chi connectivity index (χ4v) is 2.23. The molecule has 12 nitrogen and oxygen atoms in total. The largest absolute Gasteiger partial charge is 0.465 e. The fourth-order valence-electron chi connectivity index (χ4n) is 2.23. The number of hydrogen-bond acceptors (Lipinski definition) is 12. The molecule has 0 aromatic carbocycles. The zero-order chi connectivity index (χ0) is 27.4. The molecule has 0 saturated carbocycles. The van der Waals surface area contributed by atoms with E-state index >= 15 is 0 Å². The van der Waals surface area contributed by atoms with E-state index in [-0.39, 0.29) is 65.3 Å². The van der Waals surface area contributed by atoms with Gasteiger partial charge in [-0.25, -0.2) is 14.4 Å². The van der Waals surface area contributed by atoms with E-state index < -0.39 is 41.2 Å². The zero-order valence-corrected chi connectivity index (χ0v) is 20.3. The number of ether oxygens (including phenoxy) is 6. The molecule has 36 heavy (non-hydrogen) atoms. The van der Waals surface area contributed by atoms with Gasteiger partial charge in [0.15, 0.2) is 0 Å². The molecule has 0 aliphatic carbocycles. The topological polar surface area (TPSA) is 158 Å². The van der Waals surface area contributed by atoms with Gasteiger partial charge >= 0.3 is 35.8 Å². The second-order valence-electron chi connectivity index (χ2n) is 7.20. The number of esters is 6. The monoisotopic (exact) mass is 512 g/mol. The van der Waals surface area contributed by atoms with Crippen molar-refractivity contribution in [2.75, 3.05) is 39.6 Å². The first-order valence-corrected chi connectivity index (χ1v) is 11.0. The standard InChI is InChI=1S/C24H32O12/c1-5-18(25)31-12-9-21(28)34-15-24(8-4,16-35-22(29)10-13-32-19(26)6-2)17-36-23(30)11-14-33-20(27)7-3/h5-7H,1-3,8-17H2,4H3. The van der Waals surface area contributed by atoms with Crippen molar-refractivity contribution in [1.82, 2.24) is 0 Å². The third-order valence-corrected chi connectivity index (χ3v) is 4.52. The average Bonchev–Trinajstić information content (AvgIpc) is 2.87. The maximum Gasteiger partial charge on any atom is 0.330 e. The molecule has 0 unspecified atom stereocenters. The van der Waals surface area contributed by atoms with Gasteiger partial charge in [-0.15, -0.1) is 0 Å². The van der Waals surface area contributed by atoms with Gasteiger partial charge in [0.25, 0.3) is 0 Å². The second-order valence-corrected chi connectivity index (χ2v) is 7.20. The molecule has 0 heterocycles. The van der Waals surface area contributed by atoms with E-state index in [1.807, 2.05) is 0 Å². The van der Waals surface area contributed by atoms with Gasteiger partial charge in [0, 0.05) is 18.2 Å². The Bertz CT molecular complexity index is 711. The normalized spacial score (nSPS) is 10.2. The van der Waals surface area contributed by atoms with Gasteiger partial charge in [0.2, 0.25) is 0 Å². The van der Waals surface area contributed by atoms with Gasteiger partial charge in [-0.2, -0.15) is 0 Å². The Balaban J connectivity index is 5.00. The van der Waals surface area contributed by atoms with Crippen molar-refractivity contribution in [3.8, 4) is 0 Å². The summed E-state index contributed by atoms with van der Waals surface area (Å²) in [4.78, 5) is 69.3. The highest BCUT2D eigenvalue weighted by Crippen LogP contribution is 2.25. The Kier molecular flexibility index (Phi) is 16.4. The Morgan fingerprint density at radius 2 is 0.833 bits per heavy atom. The lowest BCUT2D eigenvalue weighted by atomic mass is 9.88. The third kappa shape index (κ3) is 15.0. The SMILES string of the molecule is C=CC(=O)OCCC(=O)OCC(CC)(COC(=O)CCOC(=O)C=C)COC(=O)CCOC(=O)C=C. The summed E-state index contributed by atoms with van der Waals surface area (Å²) in [6.45, 7) is 9.91. The predicted molar refractivity (Wildman–Crippen MR) is 123 cm³/mol. The van der Waals surface area contributed by atoms with Crippen molar-refractivity contribution in [3.05, 3.63) is 38.0 Å². The zero-order valence-electron chi connectivity index (χ0n) is 20.3. The summed E-state index contributed by atoms with van der Waals surface area (Å²) in [5.74, 6) is -4.17. The fraction of sp³-hybridized carbons (Fsp3) is 0.500. The van der Waals surface area contributed by atoms with Crippen LogP contribution in [0.15, 0.2) is 38.0 Å². The Hall–Kier alpha value is -3.96. The molecule has 0 aliphatic rings. The lowest BCUT2D eigenvalue weighted by Crippen LogP contribution is -2.39. The van der Waals surface area contributed by atoms with Crippen LogP contribution in [-0.4, -0.2) is 75.5 Å². The molecule has 0 saturated heterocycles. The van der Waals surface area contributed by atoms with Crippen LogP contribution in [-0.2, 0) is 57.2 Å². The molecule has 0 amide bonds. The van der Waals surface area contributed by atoms with Crippen molar-refractivity contribution in [2.24, 2.45) is 5.41 Å². The van der Waals surface area contributed by atoms with Crippen molar-refractivity contribution >= 4 is 35.8 Å². The molecule has 0 fully saturated rings. The van der Waals surface area contributed by atoms with Crippen molar-refractivity contribution in [3.63, 3.8) is 0 Å². The van der Waals surface area contributed by atoms with Crippen LogP contribution in [0, 0.1) is 5.41 Å². The molecule has 12 heteroatoms. The summed E-state index contributed by atoms with van der Waals surface area (Å²) in [6, 6.07) is 0. The molecular weight excluding hydrogens is 480 g/mol. The van der Waals surface area contributed by atoms with Crippen molar-refractivity contribution in [1.29, 1.82) is 0 Å². The van der Waals surface area contributed by atoms with E-state index in [9.17, 15) is 28.8 Å². The highest BCUT2D eigenvalue weighted by molar-refractivity contribution is 5.82. The molecule has 0 radical (unpaired) electrons. The van der Waals surface area contributed by atoms with Crippen LogP contribution in [0.5, 0.6) is 0 Å². The predicted octanol–water partition coefficient (Wildman–Crippen LogP) is 1.37. The molecular formula is C24H32O12. The van der Waals surface area contributed by atoms with Gasteiger partial charge in [0.1, 0.15) is 39.6 Å². The first kappa shape index (κ1) is 32.0. The van der Waals surface area contributed by atoms with E-state index in [1.54, 1.807) is 6.92 Å². The summed E-state index contributed by atoms with van der Waals surface area (Å²) >= 11 is 0. The molecule has 0 bridgehead atoms.